The van der Waals surface area contributed by atoms with Gasteiger partial charge in [-0.25, -0.2) is 0 Å². The summed E-state index contributed by atoms with van der Waals surface area (Å²) in [4.78, 5) is 12.8. The summed E-state index contributed by atoms with van der Waals surface area (Å²) in [6, 6.07) is 7.63. The molecule has 0 amide bonds. The molecule has 5 nitrogen and oxygen atoms in total. The zero-order chi connectivity index (χ0) is 14.7. The third kappa shape index (κ3) is 2.61. The van der Waals surface area contributed by atoms with Gasteiger partial charge in [-0.15, -0.1) is 0 Å². The maximum atomic E-state index is 6.27. The third-order valence-corrected chi connectivity index (χ3v) is 3.66. The van der Waals surface area contributed by atoms with Crippen LogP contribution in [0.2, 0.25) is 0 Å². The van der Waals surface area contributed by atoms with Gasteiger partial charge in [-0.2, -0.15) is 0 Å². The Balaban J connectivity index is 2.20. The van der Waals surface area contributed by atoms with Crippen LogP contribution < -0.4 is 11.5 Å². The number of hydrogen-bond acceptors (Lipinski definition) is 5. The summed E-state index contributed by atoms with van der Waals surface area (Å²) in [5.74, 6) is -0.0656. The van der Waals surface area contributed by atoms with Gasteiger partial charge in [-0.1, -0.05) is 0 Å². The molecule has 3 aromatic heterocycles. The Labute approximate surface area is 123 Å². The number of pyridine rings is 3. The highest BCUT2D eigenvalue weighted by Crippen LogP contribution is 2.30. The van der Waals surface area contributed by atoms with Crippen molar-refractivity contribution in [1.29, 1.82) is 0 Å². The molecule has 2 atom stereocenters. The molecule has 0 radical (unpaired) electrons. The van der Waals surface area contributed by atoms with E-state index in [2.05, 4.69) is 15.0 Å². The third-order valence-electron chi connectivity index (χ3n) is 3.66. The van der Waals surface area contributed by atoms with E-state index in [1.807, 2.05) is 30.5 Å². The molecule has 0 spiro atoms. The standard InChI is InChI=1S/C16H17N5/c17-9-14(18)15(11-1-5-19-6-2-11)16-13-4-7-20-10-12(13)3-8-21-16/h1-8,10,14-15H,9,17-18H2. The first-order valence-electron chi connectivity index (χ1n) is 6.85. The lowest BCUT2D eigenvalue weighted by Crippen LogP contribution is -2.37. The van der Waals surface area contributed by atoms with Gasteiger partial charge in [0.05, 0.1) is 5.69 Å². The topological polar surface area (TPSA) is 90.7 Å². The van der Waals surface area contributed by atoms with Crippen LogP contribution in [0.5, 0.6) is 0 Å². The van der Waals surface area contributed by atoms with E-state index >= 15 is 0 Å². The van der Waals surface area contributed by atoms with Crippen molar-refractivity contribution in [2.45, 2.75) is 12.0 Å². The van der Waals surface area contributed by atoms with Gasteiger partial charge in [0.1, 0.15) is 0 Å². The predicted octanol–water partition coefficient (Wildman–Crippen LogP) is 1.44. The molecule has 0 aliphatic carbocycles. The molecular formula is C16H17N5. The SMILES string of the molecule is NCC(N)C(c1ccncc1)c1nccc2cnccc12. The van der Waals surface area contributed by atoms with E-state index in [0.717, 1.165) is 22.0 Å². The monoisotopic (exact) mass is 279 g/mol. The second kappa shape index (κ2) is 5.95. The molecule has 0 aliphatic heterocycles. The van der Waals surface area contributed by atoms with Gasteiger partial charge in [0.2, 0.25) is 0 Å². The number of rotatable bonds is 4. The Morgan fingerprint density at radius 3 is 2.48 bits per heavy atom. The predicted molar refractivity (Wildman–Crippen MR) is 82.6 cm³/mol. The van der Waals surface area contributed by atoms with Crippen LogP contribution in [0.4, 0.5) is 0 Å². The maximum Gasteiger partial charge on any atom is 0.0573 e. The van der Waals surface area contributed by atoms with E-state index in [0.29, 0.717) is 6.54 Å². The van der Waals surface area contributed by atoms with E-state index in [9.17, 15) is 0 Å². The fourth-order valence-electron chi connectivity index (χ4n) is 2.60. The molecule has 0 fully saturated rings. The van der Waals surface area contributed by atoms with Gasteiger partial charge >= 0.3 is 0 Å². The highest BCUT2D eigenvalue weighted by Gasteiger charge is 2.24. The quantitative estimate of drug-likeness (QED) is 0.754. The molecule has 3 heterocycles. The summed E-state index contributed by atoms with van der Waals surface area (Å²) < 4.78 is 0. The minimum atomic E-state index is -0.210. The van der Waals surface area contributed by atoms with E-state index in [-0.39, 0.29) is 12.0 Å². The van der Waals surface area contributed by atoms with Crippen LogP contribution >= 0.6 is 0 Å². The minimum Gasteiger partial charge on any atom is -0.329 e. The van der Waals surface area contributed by atoms with E-state index < -0.39 is 0 Å². The lowest BCUT2D eigenvalue weighted by molar-refractivity contribution is 0.594. The van der Waals surface area contributed by atoms with Crippen LogP contribution in [0.25, 0.3) is 10.8 Å². The molecule has 0 aromatic carbocycles. The Morgan fingerprint density at radius 1 is 0.952 bits per heavy atom. The second-order valence-electron chi connectivity index (χ2n) is 4.95. The van der Waals surface area contributed by atoms with Gasteiger partial charge in [-0.3, -0.25) is 15.0 Å². The molecule has 106 valence electrons. The molecule has 5 heteroatoms. The van der Waals surface area contributed by atoms with Gasteiger partial charge in [0, 0.05) is 60.3 Å². The lowest BCUT2D eigenvalue weighted by atomic mass is 9.87. The molecule has 0 saturated carbocycles. The van der Waals surface area contributed by atoms with E-state index in [4.69, 9.17) is 11.5 Å². The van der Waals surface area contributed by atoms with Crippen molar-refractivity contribution in [3.63, 3.8) is 0 Å². The molecule has 4 N–H and O–H groups in total. The van der Waals surface area contributed by atoms with Crippen molar-refractivity contribution in [2.24, 2.45) is 11.5 Å². The molecular weight excluding hydrogens is 262 g/mol. The number of nitrogens with two attached hydrogens (primary N) is 2. The number of nitrogens with zero attached hydrogens (tertiary/aromatic N) is 3. The fraction of sp³-hybridized carbons (Fsp3) is 0.188. The van der Waals surface area contributed by atoms with Crippen LogP contribution in [0.1, 0.15) is 17.2 Å². The lowest BCUT2D eigenvalue weighted by Gasteiger charge is -2.23. The number of aromatic nitrogens is 3. The van der Waals surface area contributed by atoms with E-state index in [1.54, 1.807) is 24.8 Å². The summed E-state index contributed by atoms with van der Waals surface area (Å²) in [5, 5.41) is 2.10. The smallest absolute Gasteiger partial charge is 0.0573 e. The van der Waals surface area contributed by atoms with Crippen LogP contribution in [0.15, 0.2) is 55.2 Å². The van der Waals surface area contributed by atoms with Crippen molar-refractivity contribution in [3.05, 3.63) is 66.5 Å². The Bertz CT molecular complexity index is 724. The van der Waals surface area contributed by atoms with Crippen molar-refractivity contribution in [2.75, 3.05) is 6.54 Å². The van der Waals surface area contributed by atoms with Crippen LogP contribution in [-0.2, 0) is 0 Å². The van der Waals surface area contributed by atoms with Crippen molar-refractivity contribution < 1.29 is 0 Å². The highest BCUT2D eigenvalue weighted by molar-refractivity contribution is 5.84. The van der Waals surface area contributed by atoms with Gasteiger partial charge in [0.25, 0.3) is 0 Å². The van der Waals surface area contributed by atoms with E-state index in [1.165, 1.54) is 0 Å². The molecule has 3 rings (SSSR count). The normalized spacial score (nSPS) is 14.0. The zero-order valence-electron chi connectivity index (χ0n) is 11.6. The highest BCUT2D eigenvalue weighted by atomic mass is 14.8. The summed E-state index contributed by atoms with van der Waals surface area (Å²) in [7, 11) is 0. The Hall–Kier alpha value is -2.37. The summed E-state index contributed by atoms with van der Waals surface area (Å²) in [6.07, 6.45) is 8.91. The van der Waals surface area contributed by atoms with Crippen molar-refractivity contribution >= 4 is 10.8 Å². The van der Waals surface area contributed by atoms with Crippen LogP contribution in [-0.4, -0.2) is 27.5 Å². The minimum absolute atomic E-state index is 0.0656. The van der Waals surface area contributed by atoms with Gasteiger partial charge in [-0.05, 0) is 29.8 Å². The molecule has 0 bridgehead atoms. The molecule has 0 saturated heterocycles. The van der Waals surface area contributed by atoms with Gasteiger partial charge < -0.3 is 11.5 Å². The van der Waals surface area contributed by atoms with Gasteiger partial charge in [0.15, 0.2) is 0 Å². The fourth-order valence-corrected chi connectivity index (χ4v) is 2.60. The Kier molecular flexibility index (Phi) is 3.85. The summed E-state index contributed by atoms with van der Waals surface area (Å²) in [6.45, 7) is 0.385. The molecule has 0 aliphatic rings. The first-order valence-corrected chi connectivity index (χ1v) is 6.85. The van der Waals surface area contributed by atoms with Crippen molar-refractivity contribution in [1.82, 2.24) is 15.0 Å². The molecule has 3 aromatic rings. The van der Waals surface area contributed by atoms with Crippen molar-refractivity contribution in [3.8, 4) is 0 Å². The second-order valence-corrected chi connectivity index (χ2v) is 4.95. The first kappa shape index (κ1) is 13.6. The summed E-state index contributed by atoms with van der Waals surface area (Å²) >= 11 is 0. The average Bonchev–Trinajstić information content (AvgIpc) is 2.56. The Morgan fingerprint density at radius 2 is 1.71 bits per heavy atom. The maximum absolute atomic E-state index is 6.27. The van der Waals surface area contributed by atoms with Crippen LogP contribution in [0.3, 0.4) is 0 Å². The van der Waals surface area contributed by atoms with Crippen LogP contribution in [0, 0.1) is 0 Å². The molecule has 2 unspecified atom stereocenters. The zero-order valence-corrected chi connectivity index (χ0v) is 11.6. The number of fused-ring (bicyclic) bond motifs is 1. The number of hydrogen-bond donors (Lipinski definition) is 2. The first-order chi connectivity index (χ1) is 10.3. The average molecular weight is 279 g/mol. The molecule has 21 heavy (non-hydrogen) atoms. The largest absolute Gasteiger partial charge is 0.329 e. The summed E-state index contributed by atoms with van der Waals surface area (Å²) in [5.41, 5.74) is 14.1.